The molecule has 246 valence electrons. The van der Waals surface area contributed by atoms with Gasteiger partial charge in [0.1, 0.15) is 0 Å². The summed E-state index contributed by atoms with van der Waals surface area (Å²) in [4.78, 5) is 2.42. The van der Waals surface area contributed by atoms with Gasteiger partial charge in [-0.2, -0.15) is 0 Å². The summed E-state index contributed by atoms with van der Waals surface area (Å²) in [5.41, 5.74) is 13.7. The van der Waals surface area contributed by atoms with Crippen molar-refractivity contribution >= 4 is 49.4 Å². The number of nitrogens with zero attached hydrogens (tertiary/aromatic N) is 1. The molecule has 0 spiro atoms. The molecule has 0 amide bonds. The van der Waals surface area contributed by atoms with Gasteiger partial charge in [0.25, 0.3) is 0 Å². The fourth-order valence-corrected chi connectivity index (χ4v) is 8.43. The molecule has 0 saturated heterocycles. The highest BCUT2D eigenvalue weighted by atomic mass is 15.1. The third-order valence-electron chi connectivity index (χ3n) is 11.2. The largest absolute Gasteiger partial charge is 0.310 e. The number of rotatable bonds is 5. The van der Waals surface area contributed by atoms with Gasteiger partial charge in [0, 0.05) is 22.4 Å². The van der Waals surface area contributed by atoms with Gasteiger partial charge in [0.15, 0.2) is 0 Å². The fraction of sp³-hybridized carbons (Fsp3) is 0.0588. The van der Waals surface area contributed by atoms with Gasteiger partial charge < -0.3 is 4.90 Å². The second-order valence-corrected chi connectivity index (χ2v) is 14.6. The van der Waals surface area contributed by atoms with E-state index in [1.54, 1.807) is 0 Å². The Kier molecular flexibility index (Phi) is 6.91. The van der Waals surface area contributed by atoms with E-state index in [1.165, 1.54) is 76.8 Å². The van der Waals surface area contributed by atoms with Crippen LogP contribution in [-0.2, 0) is 5.41 Å². The molecular weight excluding hydrogens is 627 g/mol. The summed E-state index contributed by atoms with van der Waals surface area (Å²) in [5.74, 6) is 0. The maximum absolute atomic E-state index is 2.44. The molecule has 1 aliphatic rings. The molecule has 9 aromatic carbocycles. The summed E-state index contributed by atoms with van der Waals surface area (Å²) in [7, 11) is 0. The van der Waals surface area contributed by atoms with Crippen molar-refractivity contribution in [3.05, 3.63) is 199 Å². The van der Waals surface area contributed by atoms with E-state index in [1.807, 2.05) is 0 Å². The Morgan fingerprint density at radius 1 is 0.327 bits per heavy atom. The van der Waals surface area contributed by atoms with Gasteiger partial charge in [0.05, 0.1) is 5.69 Å². The van der Waals surface area contributed by atoms with E-state index in [-0.39, 0.29) is 5.41 Å². The number of fused-ring (bicyclic) bond motifs is 6. The van der Waals surface area contributed by atoms with Crippen molar-refractivity contribution in [3.63, 3.8) is 0 Å². The molecule has 0 heterocycles. The van der Waals surface area contributed by atoms with Gasteiger partial charge in [-0.1, -0.05) is 141 Å². The summed E-state index contributed by atoms with van der Waals surface area (Å²) in [5, 5.41) is 7.49. The standard InChI is InChI=1S/C51H37N/c1-51(2)48-19-11-10-18-45(48)47-31-40-22-23-41(29-42(40)32-49(47)51)46-30-37-14-8-9-15-38(37)33-50(46)52(43-16-4-3-5-17-43)44-26-24-35(25-27-44)39-21-20-34-12-6-7-13-36(34)28-39/h3-33H,1-2H3. The van der Waals surface area contributed by atoms with Crippen LogP contribution >= 0.6 is 0 Å². The Labute approximate surface area is 305 Å². The van der Waals surface area contributed by atoms with E-state index in [4.69, 9.17) is 0 Å². The molecule has 9 aromatic rings. The molecule has 0 unspecified atom stereocenters. The molecule has 1 heteroatoms. The van der Waals surface area contributed by atoms with Crippen molar-refractivity contribution < 1.29 is 0 Å². The molecule has 52 heavy (non-hydrogen) atoms. The lowest BCUT2D eigenvalue weighted by atomic mass is 9.82. The van der Waals surface area contributed by atoms with E-state index in [0.717, 1.165) is 17.1 Å². The molecule has 10 rings (SSSR count). The first-order valence-corrected chi connectivity index (χ1v) is 18.2. The summed E-state index contributed by atoms with van der Waals surface area (Å²) < 4.78 is 0. The van der Waals surface area contributed by atoms with E-state index < -0.39 is 0 Å². The van der Waals surface area contributed by atoms with Gasteiger partial charge >= 0.3 is 0 Å². The van der Waals surface area contributed by atoms with Crippen LogP contribution in [0.2, 0.25) is 0 Å². The van der Waals surface area contributed by atoms with Crippen LogP contribution < -0.4 is 4.90 Å². The third kappa shape index (κ3) is 4.93. The molecule has 0 saturated carbocycles. The Bertz CT molecular complexity index is 2810. The third-order valence-corrected chi connectivity index (χ3v) is 11.2. The molecule has 0 fully saturated rings. The SMILES string of the molecule is CC1(C)c2ccccc2-c2cc3ccc(-c4cc5ccccc5cc4N(c4ccccc4)c4ccc(-c5ccc6ccccc6c5)cc4)cc3cc21. The highest BCUT2D eigenvalue weighted by Gasteiger charge is 2.35. The Morgan fingerprint density at radius 3 is 1.65 bits per heavy atom. The van der Waals surface area contributed by atoms with E-state index in [2.05, 4.69) is 207 Å². The van der Waals surface area contributed by atoms with E-state index >= 15 is 0 Å². The van der Waals surface area contributed by atoms with Crippen molar-refractivity contribution in [1.82, 2.24) is 0 Å². The average Bonchev–Trinajstić information content (AvgIpc) is 3.42. The van der Waals surface area contributed by atoms with Crippen LogP contribution in [0, 0.1) is 0 Å². The van der Waals surface area contributed by atoms with Crippen molar-refractivity contribution in [3.8, 4) is 33.4 Å². The lowest BCUT2D eigenvalue weighted by Gasteiger charge is -2.29. The molecule has 1 nitrogen and oxygen atoms in total. The summed E-state index contributed by atoms with van der Waals surface area (Å²) in [6.07, 6.45) is 0. The van der Waals surface area contributed by atoms with Crippen molar-refractivity contribution in [2.75, 3.05) is 4.90 Å². The minimum absolute atomic E-state index is 0.0483. The van der Waals surface area contributed by atoms with Crippen LogP contribution in [0.25, 0.3) is 65.7 Å². The molecule has 1 aliphatic carbocycles. The summed E-state index contributed by atoms with van der Waals surface area (Å²) in [6.45, 7) is 4.72. The molecule has 0 atom stereocenters. The van der Waals surface area contributed by atoms with Crippen molar-refractivity contribution in [2.45, 2.75) is 19.3 Å². The van der Waals surface area contributed by atoms with Gasteiger partial charge in [-0.05, 0) is 132 Å². The first-order chi connectivity index (χ1) is 25.5. The number of para-hydroxylation sites is 1. The predicted molar refractivity (Wildman–Crippen MR) is 222 cm³/mol. The van der Waals surface area contributed by atoms with Gasteiger partial charge in [-0.15, -0.1) is 0 Å². The topological polar surface area (TPSA) is 3.24 Å². The molecule has 0 N–H and O–H groups in total. The highest BCUT2D eigenvalue weighted by Crippen LogP contribution is 2.50. The van der Waals surface area contributed by atoms with Crippen LogP contribution in [0.3, 0.4) is 0 Å². The minimum Gasteiger partial charge on any atom is -0.310 e. The van der Waals surface area contributed by atoms with Crippen molar-refractivity contribution in [2.24, 2.45) is 0 Å². The van der Waals surface area contributed by atoms with Crippen molar-refractivity contribution in [1.29, 1.82) is 0 Å². The number of benzene rings is 9. The molecular formula is C51H37N. The normalized spacial score (nSPS) is 13.0. The molecule has 0 aliphatic heterocycles. The van der Waals surface area contributed by atoms with Crippen LogP contribution in [0.5, 0.6) is 0 Å². The van der Waals surface area contributed by atoms with E-state index in [0.29, 0.717) is 0 Å². The first kappa shape index (κ1) is 30.4. The van der Waals surface area contributed by atoms with Gasteiger partial charge in [-0.25, -0.2) is 0 Å². The van der Waals surface area contributed by atoms with E-state index in [9.17, 15) is 0 Å². The smallest absolute Gasteiger partial charge is 0.0546 e. The predicted octanol–water partition coefficient (Wildman–Crippen LogP) is 14.3. The highest BCUT2D eigenvalue weighted by molar-refractivity contribution is 6.01. The second kappa shape index (κ2) is 11.8. The average molecular weight is 664 g/mol. The zero-order valence-corrected chi connectivity index (χ0v) is 29.3. The maximum atomic E-state index is 2.44. The second-order valence-electron chi connectivity index (χ2n) is 14.6. The lowest BCUT2D eigenvalue weighted by molar-refractivity contribution is 0.661. The molecule has 0 bridgehead atoms. The zero-order valence-electron chi connectivity index (χ0n) is 29.3. The molecule has 0 radical (unpaired) electrons. The fourth-order valence-electron chi connectivity index (χ4n) is 8.43. The number of hydrogen-bond acceptors (Lipinski definition) is 1. The molecule has 0 aromatic heterocycles. The van der Waals surface area contributed by atoms with Crippen LogP contribution in [0.15, 0.2) is 188 Å². The monoisotopic (exact) mass is 663 g/mol. The Balaban J connectivity index is 1.14. The minimum atomic E-state index is -0.0483. The van der Waals surface area contributed by atoms with Crippen LogP contribution in [0.4, 0.5) is 17.1 Å². The van der Waals surface area contributed by atoms with Gasteiger partial charge in [-0.3, -0.25) is 0 Å². The Hall–Kier alpha value is -6.44. The maximum Gasteiger partial charge on any atom is 0.0546 e. The zero-order chi connectivity index (χ0) is 34.8. The van der Waals surface area contributed by atoms with Crippen LogP contribution in [-0.4, -0.2) is 0 Å². The number of anilines is 3. The summed E-state index contributed by atoms with van der Waals surface area (Å²) >= 11 is 0. The summed E-state index contributed by atoms with van der Waals surface area (Å²) in [6, 6.07) is 69.3. The lowest BCUT2D eigenvalue weighted by Crippen LogP contribution is -2.14. The number of hydrogen-bond donors (Lipinski definition) is 0. The first-order valence-electron chi connectivity index (χ1n) is 18.2. The Morgan fingerprint density at radius 2 is 0.865 bits per heavy atom. The van der Waals surface area contributed by atoms with Gasteiger partial charge in [0.2, 0.25) is 0 Å². The van der Waals surface area contributed by atoms with Crippen LogP contribution in [0.1, 0.15) is 25.0 Å². The quantitative estimate of drug-likeness (QED) is 0.177.